The maximum atomic E-state index is 13.7. The zero-order chi connectivity index (χ0) is 15.6. The van der Waals surface area contributed by atoms with Crippen molar-refractivity contribution in [2.75, 3.05) is 0 Å². The zero-order valence-electron chi connectivity index (χ0n) is 11.1. The number of hydrogen-bond acceptors (Lipinski definition) is 2. The van der Waals surface area contributed by atoms with Crippen LogP contribution in [-0.2, 0) is 6.42 Å². The molecule has 0 amide bonds. The normalized spacial score (nSPS) is 10.5. The summed E-state index contributed by atoms with van der Waals surface area (Å²) < 4.78 is 27.0. The van der Waals surface area contributed by atoms with E-state index in [2.05, 4.69) is 15.9 Å². The maximum absolute atomic E-state index is 13.7. The number of benzene rings is 2. The highest BCUT2D eigenvalue weighted by Crippen LogP contribution is 2.19. The van der Waals surface area contributed by atoms with Gasteiger partial charge >= 0.3 is 0 Å². The molecule has 108 valence electrons. The zero-order valence-corrected chi connectivity index (χ0v) is 12.7. The molecule has 0 spiro atoms. The van der Waals surface area contributed by atoms with Crippen molar-refractivity contribution in [1.29, 1.82) is 0 Å². The van der Waals surface area contributed by atoms with Crippen LogP contribution in [0.1, 0.15) is 33.2 Å². The molecule has 0 fully saturated rings. The number of halogens is 3. The van der Waals surface area contributed by atoms with Crippen LogP contribution in [0.5, 0.6) is 0 Å². The van der Waals surface area contributed by atoms with Gasteiger partial charge < -0.3 is 0 Å². The topological polar surface area (TPSA) is 34.1 Å². The number of carbonyl (C=O) groups is 2. The van der Waals surface area contributed by atoms with Crippen LogP contribution in [0.25, 0.3) is 0 Å². The highest BCUT2D eigenvalue weighted by atomic mass is 79.9. The van der Waals surface area contributed by atoms with E-state index in [1.165, 1.54) is 43.3 Å². The fourth-order valence-electron chi connectivity index (χ4n) is 1.87. The molecule has 2 rings (SSSR count). The first-order valence-electron chi connectivity index (χ1n) is 6.16. The molecule has 0 aromatic heterocycles. The summed E-state index contributed by atoms with van der Waals surface area (Å²) in [6.07, 6.45) is -0.189. The summed E-state index contributed by atoms with van der Waals surface area (Å²) in [6.45, 7) is 1.37. The average molecular weight is 353 g/mol. The summed E-state index contributed by atoms with van der Waals surface area (Å²) >= 11 is 3.00. The Labute approximate surface area is 128 Å². The van der Waals surface area contributed by atoms with Crippen LogP contribution >= 0.6 is 15.9 Å². The minimum absolute atomic E-state index is 0.146. The van der Waals surface area contributed by atoms with Gasteiger partial charge in [0.2, 0.25) is 0 Å². The van der Waals surface area contributed by atoms with Gasteiger partial charge in [-0.2, -0.15) is 0 Å². The van der Waals surface area contributed by atoms with Crippen molar-refractivity contribution in [2.45, 2.75) is 13.3 Å². The van der Waals surface area contributed by atoms with Crippen molar-refractivity contribution in [2.24, 2.45) is 0 Å². The van der Waals surface area contributed by atoms with Crippen molar-refractivity contribution in [3.8, 4) is 0 Å². The van der Waals surface area contributed by atoms with Crippen LogP contribution in [0.3, 0.4) is 0 Å². The maximum Gasteiger partial charge on any atom is 0.167 e. The van der Waals surface area contributed by atoms with Gasteiger partial charge in [-0.1, -0.05) is 0 Å². The average Bonchev–Trinajstić information content (AvgIpc) is 2.43. The lowest BCUT2D eigenvalue weighted by molar-refractivity contribution is 0.0986. The molecular formula is C16H11BrF2O2. The molecule has 0 saturated heterocycles. The van der Waals surface area contributed by atoms with Crippen LogP contribution in [-0.4, -0.2) is 11.6 Å². The smallest absolute Gasteiger partial charge is 0.167 e. The van der Waals surface area contributed by atoms with Crippen LogP contribution in [0, 0.1) is 11.6 Å². The van der Waals surface area contributed by atoms with Gasteiger partial charge in [-0.25, -0.2) is 8.78 Å². The van der Waals surface area contributed by atoms with Gasteiger partial charge in [-0.15, -0.1) is 0 Å². The van der Waals surface area contributed by atoms with E-state index in [0.717, 1.165) is 0 Å². The van der Waals surface area contributed by atoms with Gasteiger partial charge in [-0.3, -0.25) is 9.59 Å². The van der Waals surface area contributed by atoms with Gasteiger partial charge in [0, 0.05) is 17.5 Å². The van der Waals surface area contributed by atoms with Crippen molar-refractivity contribution < 1.29 is 18.4 Å². The number of carbonyl (C=O) groups excluding carboxylic acids is 2. The van der Waals surface area contributed by atoms with E-state index in [1.54, 1.807) is 0 Å². The van der Waals surface area contributed by atoms with Crippen LogP contribution in [0.4, 0.5) is 8.78 Å². The summed E-state index contributed by atoms with van der Waals surface area (Å²) in [7, 11) is 0. The summed E-state index contributed by atoms with van der Waals surface area (Å²) in [5.41, 5.74) is 0.767. The van der Waals surface area contributed by atoms with E-state index < -0.39 is 11.6 Å². The molecule has 0 aliphatic rings. The monoisotopic (exact) mass is 352 g/mol. The van der Waals surface area contributed by atoms with E-state index >= 15 is 0 Å². The summed E-state index contributed by atoms with van der Waals surface area (Å²) in [5.74, 6) is -1.57. The predicted octanol–water partition coefficient (Wildman–Crippen LogP) is 4.36. The second kappa shape index (κ2) is 6.26. The SMILES string of the molecule is CC(=O)c1ccc(F)c(CC(=O)c2ccc(F)c(Br)c2)c1. The fourth-order valence-corrected chi connectivity index (χ4v) is 2.25. The standard InChI is InChI=1S/C16H11BrF2O2/c1-9(20)10-2-4-14(18)12(6-10)8-16(21)11-3-5-15(19)13(17)7-11/h2-7H,8H2,1H3. The lowest BCUT2D eigenvalue weighted by Crippen LogP contribution is -2.07. The quantitative estimate of drug-likeness (QED) is 0.766. The molecule has 2 aromatic rings. The second-order valence-electron chi connectivity index (χ2n) is 4.59. The van der Waals surface area contributed by atoms with Gasteiger partial charge in [0.15, 0.2) is 11.6 Å². The second-order valence-corrected chi connectivity index (χ2v) is 5.45. The van der Waals surface area contributed by atoms with Gasteiger partial charge in [0.1, 0.15) is 11.6 Å². The third-order valence-electron chi connectivity index (χ3n) is 3.04. The lowest BCUT2D eigenvalue weighted by atomic mass is 10.00. The highest BCUT2D eigenvalue weighted by Gasteiger charge is 2.13. The van der Waals surface area contributed by atoms with E-state index in [4.69, 9.17) is 0 Å². The molecule has 2 aromatic carbocycles. The molecule has 21 heavy (non-hydrogen) atoms. The van der Waals surface area contributed by atoms with Crippen LogP contribution in [0.15, 0.2) is 40.9 Å². The highest BCUT2D eigenvalue weighted by molar-refractivity contribution is 9.10. The van der Waals surface area contributed by atoms with Gasteiger partial charge in [-0.05, 0) is 64.8 Å². The molecule has 0 aliphatic carbocycles. The first-order valence-corrected chi connectivity index (χ1v) is 6.95. The molecule has 0 unspecified atom stereocenters. The van der Waals surface area contributed by atoms with Crippen molar-refractivity contribution in [1.82, 2.24) is 0 Å². The van der Waals surface area contributed by atoms with Gasteiger partial charge in [0.25, 0.3) is 0 Å². The Morgan fingerprint density at radius 1 is 1.00 bits per heavy atom. The Balaban J connectivity index is 2.28. The molecule has 0 atom stereocenters. The molecule has 2 nitrogen and oxygen atoms in total. The minimum Gasteiger partial charge on any atom is -0.295 e. The molecule has 0 radical (unpaired) electrons. The minimum atomic E-state index is -0.547. The summed E-state index contributed by atoms with van der Waals surface area (Å²) in [4.78, 5) is 23.4. The first-order chi connectivity index (χ1) is 9.88. The van der Waals surface area contributed by atoms with Crippen molar-refractivity contribution >= 4 is 27.5 Å². The fraction of sp³-hybridized carbons (Fsp3) is 0.125. The number of rotatable bonds is 4. The van der Waals surface area contributed by atoms with E-state index in [0.29, 0.717) is 5.56 Å². The molecule has 0 aliphatic heterocycles. The van der Waals surface area contributed by atoms with Crippen molar-refractivity contribution in [3.63, 3.8) is 0 Å². The third-order valence-corrected chi connectivity index (χ3v) is 3.65. The molecule has 0 heterocycles. The summed E-state index contributed by atoms with van der Waals surface area (Å²) in [6, 6.07) is 7.77. The van der Waals surface area contributed by atoms with E-state index in [9.17, 15) is 18.4 Å². The molecule has 5 heteroatoms. The number of Topliss-reactive ketones (excluding diaryl/α,β-unsaturated/α-hetero) is 2. The Kier molecular flexibility index (Phi) is 4.63. The largest absolute Gasteiger partial charge is 0.295 e. The van der Waals surface area contributed by atoms with E-state index in [-0.39, 0.29) is 33.6 Å². The van der Waals surface area contributed by atoms with Crippen molar-refractivity contribution in [3.05, 3.63) is 69.2 Å². The predicted molar refractivity (Wildman–Crippen MR) is 78.5 cm³/mol. The Hall–Kier alpha value is -1.88. The molecule has 0 N–H and O–H groups in total. The molecule has 0 bridgehead atoms. The van der Waals surface area contributed by atoms with E-state index in [1.807, 2.05) is 0 Å². The Morgan fingerprint density at radius 2 is 1.62 bits per heavy atom. The van der Waals surface area contributed by atoms with Crippen LogP contribution < -0.4 is 0 Å². The van der Waals surface area contributed by atoms with Crippen LogP contribution in [0.2, 0.25) is 0 Å². The van der Waals surface area contributed by atoms with Gasteiger partial charge in [0.05, 0.1) is 4.47 Å². The Bertz CT molecular complexity index is 726. The third kappa shape index (κ3) is 3.61. The molecular weight excluding hydrogens is 342 g/mol. The first kappa shape index (κ1) is 15.5. The lowest BCUT2D eigenvalue weighted by Gasteiger charge is -2.06. The number of ketones is 2. The molecule has 0 saturated carbocycles. The summed E-state index contributed by atoms with van der Waals surface area (Å²) in [5, 5.41) is 0. The Morgan fingerprint density at radius 3 is 2.24 bits per heavy atom. The number of hydrogen-bond donors (Lipinski definition) is 0.